The van der Waals surface area contributed by atoms with Gasteiger partial charge in [-0.05, 0) is 24.3 Å². The third kappa shape index (κ3) is 2.34. The number of aromatic nitrogens is 2. The van der Waals surface area contributed by atoms with Gasteiger partial charge in [-0.1, -0.05) is 0 Å². The molecule has 0 atom stereocenters. The molecule has 0 unspecified atom stereocenters. The summed E-state index contributed by atoms with van der Waals surface area (Å²) in [5.74, 6) is -0.459. The van der Waals surface area contributed by atoms with E-state index < -0.39 is 5.95 Å². The van der Waals surface area contributed by atoms with Gasteiger partial charge in [-0.3, -0.25) is 0 Å². The van der Waals surface area contributed by atoms with Crippen molar-refractivity contribution in [1.82, 2.24) is 9.55 Å². The highest BCUT2D eigenvalue weighted by Crippen LogP contribution is 2.08. The molecule has 78 valence electrons. The zero-order chi connectivity index (χ0) is 10.7. The second-order valence-electron chi connectivity index (χ2n) is 3.33. The lowest BCUT2D eigenvalue weighted by atomic mass is 10.3. The first kappa shape index (κ1) is 9.71. The Bertz CT molecular complexity index is 433. The number of anilines is 1. The van der Waals surface area contributed by atoms with Crippen molar-refractivity contribution in [3.05, 3.63) is 48.3 Å². The van der Waals surface area contributed by atoms with Crippen LogP contribution in [0.25, 0.3) is 0 Å². The lowest BCUT2D eigenvalue weighted by Crippen LogP contribution is -2.04. The van der Waals surface area contributed by atoms with Gasteiger partial charge in [0.05, 0.1) is 18.4 Å². The van der Waals surface area contributed by atoms with E-state index >= 15 is 0 Å². The van der Waals surface area contributed by atoms with E-state index in [0.29, 0.717) is 6.54 Å². The van der Waals surface area contributed by atoms with Crippen LogP contribution in [0, 0.1) is 5.95 Å². The van der Waals surface area contributed by atoms with Gasteiger partial charge in [0.15, 0.2) is 0 Å². The van der Waals surface area contributed by atoms with Crippen LogP contribution in [0.2, 0.25) is 0 Å². The summed E-state index contributed by atoms with van der Waals surface area (Å²) in [6.07, 6.45) is 3.47. The van der Waals surface area contributed by atoms with Crippen LogP contribution in [0.3, 0.4) is 0 Å². The summed E-state index contributed by atoms with van der Waals surface area (Å²) >= 11 is 0. The summed E-state index contributed by atoms with van der Waals surface area (Å²) in [4.78, 5) is 3.57. The van der Waals surface area contributed by atoms with Gasteiger partial charge in [0.2, 0.25) is 5.95 Å². The molecule has 0 bridgehead atoms. The van der Waals surface area contributed by atoms with E-state index in [1.807, 2.05) is 29.9 Å². The van der Waals surface area contributed by atoms with Gasteiger partial charge < -0.3 is 9.88 Å². The molecule has 0 aromatic carbocycles. The summed E-state index contributed by atoms with van der Waals surface area (Å²) in [7, 11) is 1.99. The Labute approximate surface area is 87.6 Å². The van der Waals surface area contributed by atoms with Crippen LogP contribution >= 0.6 is 0 Å². The van der Waals surface area contributed by atoms with Crippen LogP contribution in [-0.2, 0) is 13.6 Å². The number of nitrogens with one attached hydrogen (secondary N) is 1. The second kappa shape index (κ2) is 4.13. The fourth-order valence-corrected chi connectivity index (χ4v) is 1.35. The molecule has 0 aliphatic rings. The molecule has 3 nitrogen and oxygen atoms in total. The molecule has 2 rings (SSSR count). The predicted octanol–water partition coefficient (Wildman–Crippen LogP) is 2.17. The highest BCUT2D eigenvalue weighted by molar-refractivity contribution is 5.40. The Kier molecular flexibility index (Phi) is 2.67. The van der Waals surface area contributed by atoms with Crippen molar-refractivity contribution >= 4 is 5.69 Å². The van der Waals surface area contributed by atoms with E-state index in [9.17, 15) is 4.39 Å². The maximum atomic E-state index is 12.5. The normalized spacial score (nSPS) is 10.3. The third-order valence-corrected chi connectivity index (χ3v) is 2.25. The Hall–Kier alpha value is -1.84. The summed E-state index contributed by atoms with van der Waals surface area (Å²) in [5, 5.41) is 3.17. The average Bonchev–Trinajstić information content (AvgIpc) is 2.63. The van der Waals surface area contributed by atoms with E-state index in [1.54, 1.807) is 6.07 Å². The molecule has 4 heteroatoms. The van der Waals surface area contributed by atoms with E-state index in [0.717, 1.165) is 5.69 Å². The fraction of sp³-hybridized carbons (Fsp3) is 0.182. The number of rotatable bonds is 3. The van der Waals surface area contributed by atoms with E-state index in [1.165, 1.54) is 18.0 Å². The molecule has 0 amide bonds. The van der Waals surface area contributed by atoms with Crippen molar-refractivity contribution < 1.29 is 4.39 Å². The van der Waals surface area contributed by atoms with Gasteiger partial charge in [-0.25, -0.2) is 4.98 Å². The fourth-order valence-electron chi connectivity index (χ4n) is 1.35. The molecule has 0 aliphatic carbocycles. The molecular formula is C11H12FN3. The number of hydrogen-bond donors (Lipinski definition) is 1. The number of halogens is 1. The zero-order valence-electron chi connectivity index (χ0n) is 8.44. The molecule has 1 N–H and O–H groups in total. The highest BCUT2D eigenvalue weighted by atomic mass is 19.1. The molecule has 2 aromatic heterocycles. The van der Waals surface area contributed by atoms with Gasteiger partial charge in [-0.15, -0.1) is 0 Å². The van der Waals surface area contributed by atoms with Gasteiger partial charge >= 0.3 is 0 Å². The number of aryl methyl sites for hydroxylation is 1. The number of hydrogen-bond acceptors (Lipinski definition) is 2. The average molecular weight is 205 g/mol. The SMILES string of the molecule is Cn1cccc1CNc1ccc(F)nc1. The summed E-state index contributed by atoms with van der Waals surface area (Å²) in [6, 6.07) is 7.03. The Morgan fingerprint density at radius 1 is 1.40 bits per heavy atom. The number of nitrogens with zero attached hydrogens (tertiary/aromatic N) is 2. The van der Waals surface area contributed by atoms with Crippen molar-refractivity contribution in [3.8, 4) is 0 Å². The van der Waals surface area contributed by atoms with Crippen LogP contribution in [0.5, 0.6) is 0 Å². The Balaban J connectivity index is 1.99. The monoisotopic (exact) mass is 205 g/mol. The van der Waals surface area contributed by atoms with Crippen molar-refractivity contribution in [2.45, 2.75) is 6.54 Å². The molecule has 2 aromatic rings. The van der Waals surface area contributed by atoms with E-state index in [-0.39, 0.29) is 0 Å². The quantitative estimate of drug-likeness (QED) is 0.778. The van der Waals surface area contributed by atoms with E-state index in [4.69, 9.17) is 0 Å². The largest absolute Gasteiger partial charge is 0.378 e. The van der Waals surface area contributed by atoms with Crippen LogP contribution in [-0.4, -0.2) is 9.55 Å². The maximum absolute atomic E-state index is 12.5. The predicted molar refractivity (Wildman–Crippen MR) is 56.9 cm³/mol. The molecule has 0 fully saturated rings. The van der Waals surface area contributed by atoms with Crippen LogP contribution in [0.15, 0.2) is 36.7 Å². The van der Waals surface area contributed by atoms with Crippen LogP contribution < -0.4 is 5.32 Å². The van der Waals surface area contributed by atoms with Crippen molar-refractivity contribution in [3.63, 3.8) is 0 Å². The first-order valence-electron chi connectivity index (χ1n) is 4.71. The molecule has 0 aliphatic heterocycles. The molecule has 0 saturated carbocycles. The minimum atomic E-state index is -0.459. The molecule has 2 heterocycles. The topological polar surface area (TPSA) is 29.9 Å². The van der Waals surface area contributed by atoms with Crippen molar-refractivity contribution in [2.75, 3.05) is 5.32 Å². The Morgan fingerprint density at radius 2 is 2.27 bits per heavy atom. The van der Waals surface area contributed by atoms with Crippen molar-refractivity contribution in [1.29, 1.82) is 0 Å². The summed E-state index contributed by atoms with van der Waals surface area (Å²) in [6.45, 7) is 0.705. The summed E-state index contributed by atoms with van der Waals surface area (Å²) in [5.41, 5.74) is 1.98. The molecular weight excluding hydrogens is 193 g/mol. The minimum Gasteiger partial charge on any atom is -0.378 e. The smallest absolute Gasteiger partial charge is 0.212 e. The first-order chi connectivity index (χ1) is 7.25. The van der Waals surface area contributed by atoms with Crippen molar-refractivity contribution in [2.24, 2.45) is 7.05 Å². The van der Waals surface area contributed by atoms with Gasteiger partial charge in [0.25, 0.3) is 0 Å². The first-order valence-corrected chi connectivity index (χ1v) is 4.71. The second-order valence-corrected chi connectivity index (χ2v) is 3.33. The minimum absolute atomic E-state index is 0.459. The maximum Gasteiger partial charge on any atom is 0.212 e. The Morgan fingerprint density at radius 3 is 2.87 bits per heavy atom. The molecule has 0 saturated heterocycles. The van der Waals surface area contributed by atoms with Crippen LogP contribution in [0.4, 0.5) is 10.1 Å². The molecule has 0 radical (unpaired) electrons. The standard InChI is InChI=1S/C11H12FN3/c1-15-6-2-3-10(15)8-13-9-4-5-11(12)14-7-9/h2-7,13H,8H2,1H3. The molecule has 15 heavy (non-hydrogen) atoms. The third-order valence-electron chi connectivity index (χ3n) is 2.25. The zero-order valence-corrected chi connectivity index (χ0v) is 8.44. The lowest BCUT2D eigenvalue weighted by Gasteiger charge is -2.06. The highest BCUT2D eigenvalue weighted by Gasteiger charge is 1.97. The van der Waals surface area contributed by atoms with Gasteiger partial charge in [-0.2, -0.15) is 4.39 Å². The lowest BCUT2D eigenvalue weighted by molar-refractivity contribution is 0.584. The number of pyridine rings is 1. The molecule has 0 spiro atoms. The van der Waals surface area contributed by atoms with E-state index in [2.05, 4.69) is 10.3 Å². The summed E-state index contributed by atoms with van der Waals surface area (Å²) < 4.78 is 14.6. The van der Waals surface area contributed by atoms with Gasteiger partial charge in [0, 0.05) is 18.9 Å². The van der Waals surface area contributed by atoms with Crippen LogP contribution in [0.1, 0.15) is 5.69 Å². The van der Waals surface area contributed by atoms with Gasteiger partial charge in [0.1, 0.15) is 0 Å².